The largest absolute Gasteiger partial charge is 0.360 e. The minimum atomic E-state index is 0.0165. The van der Waals surface area contributed by atoms with Gasteiger partial charge in [-0.1, -0.05) is 12.1 Å². The van der Waals surface area contributed by atoms with Gasteiger partial charge in [0.05, 0.1) is 6.04 Å². The van der Waals surface area contributed by atoms with Crippen LogP contribution in [-0.2, 0) is 12.8 Å². The second-order valence-corrected chi connectivity index (χ2v) is 5.53. The smallest absolute Gasteiger partial charge is 0.223 e. The van der Waals surface area contributed by atoms with Crippen LogP contribution in [0.3, 0.4) is 0 Å². The molecule has 1 atom stereocenters. The second kappa shape index (κ2) is 5.79. The Morgan fingerprint density at radius 3 is 2.67 bits per heavy atom. The first-order valence-corrected chi connectivity index (χ1v) is 7.60. The minimum absolute atomic E-state index is 0.0165. The molecule has 2 aromatic rings. The summed E-state index contributed by atoms with van der Waals surface area (Å²) in [7, 11) is 0. The fraction of sp³-hybridized carbons (Fsp3) is 0.600. The molecule has 1 N–H and O–H groups in total. The summed E-state index contributed by atoms with van der Waals surface area (Å²) in [6.07, 6.45) is 5.37. The number of aromatic nitrogens is 4. The molecule has 0 saturated heterocycles. The molecule has 0 spiro atoms. The molecule has 21 heavy (non-hydrogen) atoms. The molecule has 0 bridgehead atoms. The monoisotopic (exact) mass is 287 g/mol. The summed E-state index contributed by atoms with van der Waals surface area (Å²) in [4.78, 5) is 13.5. The van der Waals surface area contributed by atoms with Gasteiger partial charge in [0.25, 0.3) is 0 Å². The van der Waals surface area contributed by atoms with Crippen molar-refractivity contribution in [2.45, 2.75) is 58.9 Å². The van der Waals surface area contributed by atoms with Crippen LogP contribution in [-0.4, -0.2) is 20.1 Å². The third-order valence-electron chi connectivity index (χ3n) is 3.87. The maximum Gasteiger partial charge on any atom is 0.223 e. The zero-order valence-corrected chi connectivity index (χ0v) is 12.8. The maximum atomic E-state index is 5.09. The van der Waals surface area contributed by atoms with Gasteiger partial charge in [0.15, 0.2) is 5.82 Å². The molecule has 1 aliphatic carbocycles. The number of anilines is 1. The fourth-order valence-electron chi connectivity index (χ4n) is 2.81. The summed E-state index contributed by atoms with van der Waals surface area (Å²) < 4.78 is 5.09. The molecule has 0 aromatic carbocycles. The molecule has 0 saturated carbocycles. The highest BCUT2D eigenvalue weighted by Gasteiger charge is 2.21. The third kappa shape index (κ3) is 2.89. The number of nitrogens with zero attached hydrogens (tertiary/aromatic N) is 4. The van der Waals surface area contributed by atoms with E-state index >= 15 is 0 Å². The van der Waals surface area contributed by atoms with Gasteiger partial charge in [-0.25, -0.2) is 9.97 Å². The molecule has 112 valence electrons. The topological polar surface area (TPSA) is 76.7 Å². The van der Waals surface area contributed by atoms with Crippen LogP contribution < -0.4 is 5.32 Å². The van der Waals surface area contributed by atoms with E-state index in [4.69, 9.17) is 4.52 Å². The molecule has 2 heterocycles. The summed E-state index contributed by atoms with van der Waals surface area (Å²) in [6, 6.07) is 0.0165. The van der Waals surface area contributed by atoms with Crippen LogP contribution in [0.25, 0.3) is 0 Å². The van der Waals surface area contributed by atoms with Crippen LogP contribution in [0.1, 0.15) is 61.0 Å². The number of rotatable bonds is 4. The second-order valence-electron chi connectivity index (χ2n) is 5.53. The predicted molar refractivity (Wildman–Crippen MR) is 79.1 cm³/mol. The number of fused-ring (bicyclic) bond motifs is 1. The Balaban J connectivity index is 1.91. The molecule has 0 radical (unpaired) electrons. The van der Waals surface area contributed by atoms with Gasteiger partial charge in [-0.05, 0) is 39.0 Å². The lowest BCUT2D eigenvalue weighted by molar-refractivity contribution is 0.384. The Hall–Kier alpha value is -1.98. The molecule has 1 unspecified atom stereocenters. The Kier molecular flexibility index (Phi) is 3.86. The molecule has 0 fully saturated rings. The normalized spacial score (nSPS) is 15.6. The lowest BCUT2D eigenvalue weighted by atomic mass is 9.96. The van der Waals surface area contributed by atoms with Crippen molar-refractivity contribution in [3.05, 3.63) is 28.8 Å². The van der Waals surface area contributed by atoms with Gasteiger partial charge in [-0.15, -0.1) is 0 Å². The Labute approximate surface area is 124 Å². The zero-order chi connectivity index (χ0) is 14.8. The lowest BCUT2D eigenvalue weighted by Crippen LogP contribution is -2.18. The summed E-state index contributed by atoms with van der Waals surface area (Å²) in [5.41, 5.74) is 2.45. The molecule has 6 heteroatoms. The van der Waals surface area contributed by atoms with Gasteiger partial charge in [-0.3, -0.25) is 0 Å². The van der Waals surface area contributed by atoms with Crippen LogP contribution in [0, 0.1) is 13.8 Å². The predicted octanol–water partition coefficient (Wildman–Crippen LogP) is 2.92. The average molecular weight is 287 g/mol. The zero-order valence-electron chi connectivity index (χ0n) is 12.8. The first-order valence-electron chi connectivity index (χ1n) is 7.60. The van der Waals surface area contributed by atoms with Crippen molar-refractivity contribution in [1.82, 2.24) is 20.1 Å². The highest BCUT2D eigenvalue weighted by atomic mass is 16.5. The molecule has 1 aliphatic rings. The van der Waals surface area contributed by atoms with E-state index in [1.54, 1.807) is 6.92 Å². The van der Waals surface area contributed by atoms with E-state index in [1.165, 1.54) is 24.1 Å². The number of nitrogens with one attached hydrogen (secondary N) is 1. The molecule has 2 aromatic heterocycles. The van der Waals surface area contributed by atoms with Gasteiger partial charge in [0.1, 0.15) is 11.6 Å². The first kappa shape index (κ1) is 14.0. The summed E-state index contributed by atoms with van der Waals surface area (Å²) >= 11 is 0. The van der Waals surface area contributed by atoms with E-state index in [1.807, 2.05) is 6.92 Å². The summed E-state index contributed by atoms with van der Waals surface area (Å²) in [6.45, 7) is 5.85. The summed E-state index contributed by atoms with van der Waals surface area (Å²) in [5, 5.41) is 7.52. The van der Waals surface area contributed by atoms with Crippen LogP contribution in [0.2, 0.25) is 0 Å². The van der Waals surface area contributed by atoms with Crippen molar-refractivity contribution in [2.24, 2.45) is 0 Å². The standard InChI is InChI=1S/C15H21N5O/c1-4-12(15-18-10(3)21-20-15)19-14-11-7-5-6-8-13(11)16-9(2)17-14/h12H,4-8H2,1-3H3,(H,16,17,19). The van der Waals surface area contributed by atoms with E-state index in [9.17, 15) is 0 Å². The van der Waals surface area contributed by atoms with E-state index < -0.39 is 0 Å². The Bertz CT molecular complexity index is 637. The van der Waals surface area contributed by atoms with Crippen molar-refractivity contribution in [3.8, 4) is 0 Å². The van der Waals surface area contributed by atoms with Crippen molar-refractivity contribution in [1.29, 1.82) is 0 Å². The minimum Gasteiger partial charge on any atom is -0.360 e. The highest BCUT2D eigenvalue weighted by Crippen LogP contribution is 2.28. The highest BCUT2D eigenvalue weighted by molar-refractivity contribution is 5.48. The third-order valence-corrected chi connectivity index (χ3v) is 3.87. The number of hydrogen-bond donors (Lipinski definition) is 1. The molecular formula is C15H21N5O. The van der Waals surface area contributed by atoms with Crippen LogP contribution in [0.5, 0.6) is 0 Å². The van der Waals surface area contributed by atoms with E-state index in [-0.39, 0.29) is 6.04 Å². The van der Waals surface area contributed by atoms with Crippen molar-refractivity contribution >= 4 is 5.82 Å². The van der Waals surface area contributed by atoms with Crippen LogP contribution in [0.4, 0.5) is 5.82 Å². The molecule has 3 rings (SSSR count). The lowest BCUT2D eigenvalue weighted by Gasteiger charge is -2.21. The van der Waals surface area contributed by atoms with Crippen LogP contribution in [0.15, 0.2) is 4.52 Å². The van der Waals surface area contributed by atoms with Gasteiger partial charge < -0.3 is 9.84 Å². The van der Waals surface area contributed by atoms with Gasteiger partial charge in [0.2, 0.25) is 5.89 Å². The molecular weight excluding hydrogens is 266 g/mol. The molecule has 0 amide bonds. The van der Waals surface area contributed by atoms with Gasteiger partial charge in [-0.2, -0.15) is 4.98 Å². The van der Waals surface area contributed by atoms with Gasteiger partial charge >= 0.3 is 0 Å². The average Bonchev–Trinajstić information content (AvgIpc) is 2.90. The van der Waals surface area contributed by atoms with E-state index in [0.717, 1.165) is 30.9 Å². The SMILES string of the molecule is CCC(Nc1nc(C)nc2c1CCCC2)c1noc(C)n1. The number of aryl methyl sites for hydroxylation is 3. The van der Waals surface area contributed by atoms with Crippen LogP contribution >= 0.6 is 0 Å². The first-order chi connectivity index (χ1) is 10.2. The summed E-state index contributed by atoms with van der Waals surface area (Å²) in [5.74, 6) is 3.03. The van der Waals surface area contributed by atoms with Crippen molar-refractivity contribution < 1.29 is 4.52 Å². The molecule has 6 nitrogen and oxygen atoms in total. The maximum absolute atomic E-state index is 5.09. The quantitative estimate of drug-likeness (QED) is 0.931. The van der Waals surface area contributed by atoms with E-state index in [2.05, 4.69) is 32.3 Å². The van der Waals surface area contributed by atoms with Gasteiger partial charge in [0, 0.05) is 18.2 Å². The molecule has 0 aliphatic heterocycles. The number of hydrogen-bond acceptors (Lipinski definition) is 6. The Morgan fingerprint density at radius 2 is 1.95 bits per heavy atom. The Morgan fingerprint density at radius 1 is 1.14 bits per heavy atom. The van der Waals surface area contributed by atoms with Crippen molar-refractivity contribution in [3.63, 3.8) is 0 Å². The fourth-order valence-corrected chi connectivity index (χ4v) is 2.81. The van der Waals surface area contributed by atoms with Crippen molar-refractivity contribution in [2.75, 3.05) is 5.32 Å². The van der Waals surface area contributed by atoms with E-state index in [0.29, 0.717) is 11.7 Å².